The molecule has 4 rings (SSSR count). The van der Waals surface area contributed by atoms with Crippen LogP contribution in [-0.4, -0.2) is 19.8 Å². The first-order chi connectivity index (χ1) is 9.81. The molecule has 3 nitrogen and oxygen atoms in total. The zero-order chi connectivity index (χ0) is 13.5. The van der Waals surface area contributed by atoms with E-state index in [1.165, 1.54) is 9.77 Å². The molecule has 2 atom stereocenters. The molecule has 0 spiro atoms. The van der Waals surface area contributed by atoms with Gasteiger partial charge in [-0.2, -0.15) is 0 Å². The van der Waals surface area contributed by atoms with Crippen molar-refractivity contribution in [2.75, 3.05) is 5.32 Å². The number of hydrogen-bond acceptors (Lipinski definition) is 5. The average Bonchev–Trinajstić information content (AvgIpc) is 3.06. The van der Waals surface area contributed by atoms with E-state index in [1.54, 1.807) is 0 Å². The van der Waals surface area contributed by atoms with Gasteiger partial charge in [0.1, 0.15) is 0 Å². The maximum atomic E-state index is 4.56. The topological polar surface area (TPSA) is 36.8 Å². The van der Waals surface area contributed by atoms with Crippen LogP contribution in [0.1, 0.15) is 24.9 Å². The van der Waals surface area contributed by atoms with Gasteiger partial charge in [0.05, 0.1) is 0 Å². The van der Waals surface area contributed by atoms with E-state index < -0.39 is 0 Å². The molecule has 0 bridgehead atoms. The van der Waals surface area contributed by atoms with Gasteiger partial charge in [-0.1, -0.05) is 0 Å². The van der Waals surface area contributed by atoms with E-state index in [1.807, 2.05) is 29.2 Å². The Morgan fingerprint density at radius 2 is 2.25 bits per heavy atom. The summed E-state index contributed by atoms with van der Waals surface area (Å²) >= 11 is 3.88. The van der Waals surface area contributed by atoms with Gasteiger partial charge in [-0.05, 0) is 0 Å². The van der Waals surface area contributed by atoms with Gasteiger partial charge in [0.2, 0.25) is 0 Å². The number of rotatable bonds is 2. The van der Waals surface area contributed by atoms with Crippen molar-refractivity contribution in [3.8, 4) is 0 Å². The van der Waals surface area contributed by atoms with Gasteiger partial charge in [-0.3, -0.25) is 0 Å². The maximum absolute atomic E-state index is 4.56. The molecule has 6 heteroatoms. The third-order valence-corrected chi connectivity index (χ3v) is 7.01. The van der Waals surface area contributed by atoms with Crippen molar-refractivity contribution in [2.24, 2.45) is 7.92 Å². The molecule has 1 N–H and O–H groups in total. The Morgan fingerprint density at radius 1 is 1.30 bits per heavy atom. The summed E-state index contributed by atoms with van der Waals surface area (Å²) in [4.78, 5) is 0. The normalized spacial score (nSPS) is 23.1. The summed E-state index contributed by atoms with van der Waals surface area (Å²) in [6, 6.07) is 8.89. The van der Waals surface area contributed by atoms with Gasteiger partial charge in [0.15, 0.2) is 0 Å². The molecule has 1 aromatic heterocycles. The van der Waals surface area contributed by atoms with Crippen LogP contribution in [0.2, 0.25) is 0 Å². The second-order valence-corrected chi connectivity index (χ2v) is 8.69. The number of nitrogens with zero attached hydrogens (tertiary/aromatic N) is 2. The molecule has 0 radical (unpaired) electrons. The van der Waals surface area contributed by atoms with E-state index in [9.17, 15) is 0 Å². The van der Waals surface area contributed by atoms with Crippen molar-refractivity contribution in [3.05, 3.63) is 35.2 Å². The predicted octanol–water partition coefficient (Wildman–Crippen LogP) is 5.13. The fourth-order valence-corrected chi connectivity index (χ4v) is 6.32. The molecule has 0 saturated carbocycles. The summed E-state index contributed by atoms with van der Waals surface area (Å²) in [7, 11) is 0. The fourth-order valence-electron chi connectivity index (χ4n) is 2.60. The fraction of sp³-hybridized carbons (Fsp3) is 0.286. The quantitative estimate of drug-likeness (QED) is 0.638. The molecular formula is C14H13N3S2Se. The average molecular weight is 366 g/mol. The van der Waals surface area contributed by atoms with Crippen LogP contribution in [0.5, 0.6) is 0 Å². The molecule has 2 aromatic rings. The number of thioether (sulfide) groups is 1. The molecule has 0 saturated heterocycles. The summed E-state index contributed by atoms with van der Waals surface area (Å²) in [5.74, 6) is 0. The van der Waals surface area contributed by atoms with Gasteiger partial charge in [0.25, 0.3) is 0 Å². The summed E-state index contributed by atoms with van der Waals surface area (Å²) in [6.07, 6.45) is 1.15. The summed E-state index contributed by atoms with van der Waals surface area (Å²) in [5, 5.41) is 6.55. The van der Waals surface area contributed by atoms with Gasteiger partial charge >= 0.3 is 132 Å². The molecule has 0 aliphatic carbocycles. The van der Waals surface area contributed by atoms with Gasteiger partial charge in [-0.25, -0.2) is 0 Å². The molecule has 0 amide bonds. The molecule has 0 fully saturated rings. The van der Waals surface area contributed by atoms with Crippen LogP contribution >= 0.6 is 23.1 Å². The number of anilines is 1. The Balaban J connectivity index is 1.68. The second-order valence-electron chi connectivity index (χ2n) is 4.96. The van der Waals surface area contributed by atoms with E-state index in [0.29, 0.717) is 11.3 Å². The van der Waals surface area contributed by atoms with Crippen LogP contribution < -0.4 is 5.32 Å². The van der Waals surface area contributed by atoms with E-state index in [0.717, 1.165) is 23.5 Å². The molecule has 1 aromatic carbocycles. The summed E-state index contributed by atoms with van der Waals surface area (Å²) < 4.78 is 10.5. The molecule has 102 valence electrons. The molecule has 20 heavy (non-hydrogen) atoms. The van der Waals surface area contributed by atoms with E-state index in [2.05, 4.69) is 43.7 Å². The first-order valence-electron chi connectivity index (χ1n) is 6.53. The Labute approximate surface area is 131 Å². The number of fused-ring (bicyclic) bond motifs is 2. The Hall–Kier alpha value is -0.811. The van der Waals surface area contributed by atoms with Crippen molar-refractivity contribution < 1.29 is 0 Å². The Morgan fingerprint density at radius 3 is 3.20 bits per heavy atom. The van der Waals surface area contributed by atoms with Crippen LogP contribution in [0, 0.1) is 0 Å². The number of benzene rings is 1. The number of thiophene rings is 1. The SMILES string of the molecule is C[C@H]1CC(Nc2cccc3c2N=[Se]=N3)c2ccsc2S1. The summed E-state index contributed by atoms with van der Waals surface area (Å²) in [6.45, 7) is 2.31. The van der Waals surface area contributed by atoms with Crippen LogP contribution in [-0.2, 0) is 0 Å². The molecular weight excluding hydrogens is 353 g/mol. The first-order valence-corrected chi connectivity index (χ1v) is 9.82. The van der Waals surface area contributed by atoms with Crippen LogP contribution in [0.15, 0.2) is 41.8 Å². The molecule has 2 aliphatic heterocycles. The minimum absolute atomic E-state index is 0.0311. The number of hydrogen-bond donors (Lipinski definition) is 1. The molecule has 1 unspecified atom stereocenters. The second kappa shape index (κ2) is 5.19. The monoisotopic (exact) mass is 367 g/mol. The molecule has 2 aliphatic rings. The standard InChI is InChI=1S/C14H13N3S2Se/c1-8-7-12(9-5-6-18-14(9)19-8)15-10-3-2-4-11-13(10)17-20-16-11/h2-6,8,12,15H,7H2,1H3/t8-,12?/m0/s1. The van der Waals surface area contributed by atoms with Crippen molar-refractivity contribution in [1.82, 2.24) is 0 Å². The summed E-state index contributed by atoms with van der Waals surface area (Å²) in [5.41, 5.74) is 4.66. The minimum atomic E-state index is 0.0311. The first kappa shape index (κ1) is 12.9. The van der Waals surface area contributed by atoms with Gasteiger partial charge < -0.3 is 0 Å². The van der Waals surface area contributed by atoms with Crippen molar-refractivity contribution in [1.29, 1.82) is 0 Å². The van der Waals surface area contributed by atoms with Gasteiger partial charge in [0, 0.05) is 0 Å². The van der Waals surface area contributed by atoms with Crippen molar-refractivity contribution in [3.63, 3.8) is 0 Å². The third-order valence-electron chi connectivity index (χ3n) is 3.53. The molecule has 3 heterocycles. The van der Waals surface area contributed by atoms with Gasteiger partial charge in [-0.15, -0.1) is 0 Å². The van der Waals surface area contributed by atoms with Crippen molar-refractivity contribution >= 4 is 54.7 Å². The van der Waals surface area contributed by atoms with Crippen LogP contribution in [0.25, 0.3) is 0 Å². The third kappa shape index (κ3) is 2.21. The van der Waals surface area contributed by atoms with Crippen LogP contribution in [0.4, 0.5) is 17.1 Å². The van der Waals surface area contributed by atoms with Crippen LogP contribution in [0.3, 0.4) is 0 Å². The van der Waals surface area contributed by atoms with Crippen molar-refractivity contribution in [2.45, 2.75) is 28.8 Å². The predicted molar refractivity (Wildman–Crippen MR) is 87.0 cm³/mol. The Bertz CT molecular complexity index is 734. The van der Waals surface area contributed by atoms with E-state index in [-0.39, 0.29) is 14.6 Å². The van der Waals surface area contributed by atoms with E-state index >= 15 is 0 Å². The van der Waals surface area contributed by atoms with E-state index in [4.69, 9.17) is 0 Å². The zero-order valence-electron chi connectivity index (χ0n) is 10.9. The number of nitrogens with one attached hydrogen (secondary N) is 1. The zero-order valence-corrected chi connectivity index (χ0v) is 14.2. The Kier molecular flexibility index (Phi) is 3.34.